The van der Waals surface area contributed by atoms with Crippen LogP contribution in [0.4, 0.5) is 0 Å². The summed E-state index contributed by atoms with van der Waals surface area (Å²) in [6, 6.07) is 9.20. The van der Waals surface area contributed by atoms with E-state index in [1.165, 1.54) is 30.6 Å². The SMILES string of the molecule is Cc1ccccc1C(C(C)N)N1CC(C)CC(C)C1. The zero-order valence-electron chi connectivity index (χ0n) is 12.8. The lowest BCUT2D eigenvalue weighted by atomic mass is 9.87. The maximum Gasteiger partial charge on any atom is 0.0499 e. The highest BCUT2D eigenvalue weighted by atomic mass is 15.2. The molecule has 0 aromatic heterocycles. The summed E-state index contributed by atoms with van der Waals surface area (Å²) in [5.41, 5.74) is 9.08. The van der Waals surface area contributed by atoms with Gasteiger partial charge in [0.15, 0.2) is 0 Å². The normalized spacial score (nSPS) is 28.1. The third-order valence-electron chi connectivity index (χ3n) is 4.30. The van der Waals surface area contributed by atoms with Gasteiger partial charge in [-0.15, -0.1) is 0 Å². The molecule has 2 nitrogen and oxygen atoms in total. The van der Waals surface area contributed by atoms with Crippen LogP contribution < -0.4 is 5.73 Å². The van der Waals surface area contributed by atoms with Gasteiger partial charge in [0.1, 0.15) is 0 Å². The molecule has 1 heterocycles. The van der Waals surface area contributed by atoms with Gasteiger partial charge in [-0.1, -0.05) is 38.1 Å². The van der Waals surface area contributed by atoms with Gasteiger partial charge in [0.2, 0.25) is 0 Å². The first-order valence-electron chi connectivity index (χ1n) is 7.54. The fourth-order valence-corrected chi connectivity index (χ4v) is 3.67. The predicted molar refractivity (Wildman–Crippen MR) is 82.1 cm³/mol. The fraction of sp³-hybridized carbons (Fsp3) is 0.647. The van der Waals surface area contributed by atoms with Crippen molar-refractivity contribution in [2.45, 2.75) is 46.2 Å². The van der Waals surface area contributed by atoms with Crippen LogP contribution in [0.5, 0.6) is 0 Å². The van der Waals surface area contributed by atoms with E-state index in [0.29, 0.717) is 6.04 Å². The molecule has 0 bridgehead atoms. The van der Waals surface area contributed by atoms with Gasteiger partial charge in [-0.05, 0) is 43.2 Å². The van der Waals surface area contributed by atoms with Crippen molar-refractivity contribution in [2.75, 3.05) is 13.1 Å². The second kappa shape index (κ2) is 6.06. The van der Waals surface area contributed by atoms with E-state index >= 15 is 0 Å². The number of aryl methyl sites for hydroxylation is 1. The largest absolute Gasteiger partial charge is 0.326 e. The van der Waals surface area contributed by atoms with E-state index in [0.717, 1.165) is 11.8 Å². The number of nitrogens with zero attached hydrogens (tertiary/aromatic N) is 1. The van der Waals surface area contributed by atoms with Gasteiger partial charge in [0.05, 0.1) is 0 Å². The van der Waals surface area contributed by atoms with Crippen LogP contribution in [0.1, 0.15) is 44.4 Å². The lowest BCUT2D eigenvalue weighted by molar-refractivity contribution is 0.0844. The molecule has 0 aliphatic carbocycles. The third kappa shape index (κ3) is 3.37. The van der Waals surface area contributed by atoms with Gasteiger partial charge >= 0.3 is 0 Å². The van der Waals surface area contributed by atoms with Gasteiger partial charge in [-0.2, -0.15) is 0 Å². The summed E-state index contributed by atoms with van der Waals surface area (Å²) in [6.07, 6.45) is 1.34. The van der Waals surface area contributed by atoms with Crippen molar-refractivity contribution in [1.82, 2.24) is 4.90 Å². The average Bonchev–Trinajstić information content (AvgIpc) is 2.30. The van der Waals surface area contributed by atoms with Gasteiger partial charge in [-0.3, -0.25) is 4.90 Å². The molecule has 4 unspecified atom stereocenters. The number of piperidine rings is 1. The minimum absolute atomic E-state index is 0.165. The smallest absolute Gasteiger partial charge is 0.0499 e. The topological polar surface area (TPSA) is 29.3 Å². The monoisotopic (exact) mass is 260 g/mol. The molecule has 1 aliphatic heterocycles. The van der Waals surface area contributed by atoms with Crippen molar-refractivity contribution < 1.29 is 0 Å². The quantitative estimate of drug-likeness (QED) is 0.903. The van der Waals surface area contributed by atoms with Gasteiger partial charge in [-0.25, -0.2) is 0 Å². The first-order chi connectivity index (χ1) is 8.99. The molecule has 19 heavy (non-hydrogen) atoms. The molecule has 0 amide bonds. The Balaban J connectivity index is 2.28. The lowest BCUT2D eigenvalue weighted by Crippen LogP contribution is -2.46. The highest BCUT2D eigenvalue weighted by Gasteiger charge is 2.30. The zero-order valence-corrected chi connectivity index (χ0v) is 12.8. The van der Waals surface area contributed by atoms with Crippen LogP contribution in [0, 0.1) is 18.8 Å². The number of rotatable bonds is 3. The average molecular weight is 260 g/mol. The van der Waals surface area contributed by atoms with Gasteiger partial charge in [0.25, 0.3) is 0 Å². The second-order valence-electron chi connectivity index (χ2n) is 6.56. The van der Waals surface area contributed by atoms with E-state index < -0.39 is 0 Å². The van der Waals surface area contributed by atoms with E-state index in [2.05, 4.69) is 56.9 Å². The molecule has 2 heteroatoms. The Labute approximate surface area is 118 Å². The first-order valence-corrected chi connectivity index (χ1v) is 7.54. The van der Waals surface area contributed by atoms with Crippen LogP contribution in [0.3, 0.4) is 0 Å². The molecule has 106 valence electrons. The summed E-state index contributed by atoms with van der Waals surface area (Å²) in [4.78, 5) is 2.60. The molecule has 0 radical (unpaired) electrons. The molecule has 0 spiro atoms. The number of hydrogen-bond acceptors (Lipinski definition) is 2. The molecule has 4 atom stereocenters. The number of likely N-dealkylation sites (tertiary alicyclic amines) is 1. The van der Waals surface area contributed by atoms with E-state index in [-0.39, 0.29) is 6.04 Å². The van der Waals surface area contributed by atoms with Crippen molar-refractivity contribution in [1.29, 1.82) is 0 Å². The first kappa shape index (κ1) is 14.5. The molecular weight excluding hydrogens is 232 g/mol. The third-order valence-corrected chi connectivity index (χ3v) is 4.30. The number of hydrogen-bond donors (Lipinski definition) is 1. The Bertz CT molecular complexity index is 403. The Morgan fingerprint density at radius 3 is 2.26 bits per heavy atom. The Kier molecular flexibility index (Phi) is 4.64. The molecule has 1 fully saturated rings. The van der Waals surface area contributed by atoms with Gasteiger partial charge in [0, 0.05) is 25.2 Å². The molecule has 2 rings (SSSR count). The summed E-state index contributed by atoms with van der Waals surface area (Å²) in [7, 11) is 0. The van der Waals surface area contributed by atoms with Gasteiger partial charge < -0.3 is 5.73 Å². The van der Waals surface area contributed by atoms with Crippen molar-refractivity contribution in [3.8, 4) is 0 Å². The van der Waals surface area contributed by atoms with Crippen molar-refractivity contribution in [3.63, 3.8) is 0 Å². The summed E-state index contributed by atoms with van der Waals surface area (Å²) in [5, 5.41) is 0. The number of nitrogens with two attached hydrogens (primary N) is 1. The van der Waals surface area contributed by atoms with Crippen LogP contribution in [-0.4, -0.2) is 24.0 Å². The van der Waals surface area contributed by atoms with Crippen LogP contribution in [0.15, 0.2) is 24.3 Å². The molecule has 1 aliphatic rings. The Hall–Kier alpha value is -0.860. The molecule has 0 saturated carbocycles. The zero-order chi connectivity index (χ0) is 14.0. The number of benzene rings is 1. The highest BCUT2D eigenvalue weighted by Crippen LogP contribution is 2.32. The van der Waals surface area contributed by atoms with Crippen LogP contribution in [-0.2, 0) is 0 Å². The Morgan fingerprint density at radius 2 is 1.74 bits per heavy atom. The summed E-state index contributed by atoms with van der Waals surface area (Å²) < 4.78 is 0. The minimum Gasteiger partial charge on any atom is -0.326 e. The van der Waals surface area contributed by atoms with Crippen LogP contribution in [0.2, 0.25) is 0 Å². The van der Waals surface area contributed by atoms with Crippen molar-refractivity contribution >= 4 is 0 Å². The standard InChI is InChI=1S/C17H28N2/c1-12-9-13(2)11-19(10-12)17(15(4)18)16-8-6-5-7-14(16)3/h5-8,12-13,15,17H,9-11,18H2,1-4H3. The maximum atomic E-state index is 6.32. The molecular formula is C17H28N2. The maximum absolute atomic E-state index is 6.32. The summed E-state index contributed by atoms with van der Waals surface area (Å²) in [6.45, 7) is 11.4. The molecule has 2 N–H and O–H groups in total. The van der Waals surface area contributed by atoms with Crippen molar-refractivity contribution in [3.05, 3.63) is 35.4 Å². The lowest BCUT2D eigenvalue weighted by Gasteiger charge is -2.42. The van der Waals surface area contributed by atoms with E-state index in [9.17, 15) is 0 Å². The summed E-state index contributed by atoms with van der Waals surface area (Å²) in [5.74, 6) is 1.54. The van der Waals surface area contributed by atoms with E-state index in [4.69, 9.17) is 5.73 Å². The predicted octanol–water partition coefficient (Wildman–Crippen LogP) is 3.36. The molecule has 1 aromatic rings. The Morgan fingerprint density at radius 1 is 1.16 bits per heavy atom. The molecule has 1 saturated heterocycles. The van der Waals surface area contributed by atoms with E-state index in [1.54, 1.807) is 0 Å². The summed E-state index contributed by atoms with van der Waals surface area (Å²) >= 11 is 0. The highest BCUT2D eigenvalue weighted by molar-refractivity contribution is 5.30. The van der Waals surface area contributed by atoms with Crippen LogP contribution >= 0.6 is 0 Å². The van der Waals surface area contributed by atoms with Crippen molar-refractivity contribution in [2.24, 2.45) is 17.6 Å². The second-order valence-corrected chi connectivity index (χ2v) is 6.56. The minimum atomic E-state index is 0.165. The fourth-order valence-electron chi connectivity index (χ4n) is 3.67. The van der Waals surface area contributed by atoms with E-state index in [1.807, 2.05) is 0 Å². The molecule has 1 aromatic carbocycles. The van der Waals surface area contributed by atoms with Crippen LogP contribution in [0.25, 0.3) is 0 Å².